The molecule has 1 unspecified atom stereocenters. The molecular formula is C21H24N6O2. The van der Waals surface area contributed by atoms with Crippen LogP contribution in [0.25, 0.3) is 11.4 Å². The van der Waals surface area contributed by atoms with Crippen molar-refractivity contribution in [2.45, 2.75) is 25.9 Å². The zero-order chi connectivity index (χ0) is 20.0. The first kappa shape index (κ1) is 18.1. The van der Waals surface area contributed by atoms with Gasteiger partial charge in [0.15, 0.2) is 0 Å². The number of hydrogen-bond donors (Lipinski definition) is 0. The highest BCUT2D eigenvalue weighted by Gasteiger charge is 2.53. The summed E-state index contributed by atoms with van der Waals surface area (Å²) >= 11 is 0. The van der Waals surface area contributed by atoms with Gasteiger partial charge < -0.3 is 9.42 Å². The van der Waals surface area contributed by atoms with E-state index in [0.717, 1.165) is 37.3 Å². The van der Waals surface area contributed by atoms with Gasteiger partial charge in [-0.3, -0.25) is 14.4 Å². The molecule has 2 aromatic heterocycles. The molecule has 8 nitrogen and oxygen atoms in total. The van der Waals surface area contributed by atoms with E-state index < -0.39 is 0 Å². The minimum atomic E-state index is 0.0889. The van der Waals surface area contributed by atoms with Gasteiger partial charge in [-0.05, 0) is 26.5 Å². The molecule has 1 amide bonds. The summed E-state index contributed by atoms with van der Waals surface area (Å²) in [5, 5.41) is 8.47. The van der Waals surface area contributed by atoms with E-state index in [4.69, 9.17) is 4.52 Å². The molecule has 0 radical (unpaired) electrons. The summed E-state index contributed by atoms with van der Waals surface area (Å²) in [6, 6.07) is 11.9. The first-order chi connectivity index (χ1) is 14.0. The molecule has 0 bridgehead atoms. The van der Waals surface area contributed by atoms with Gasteiger partial charge >= 0.3 is 0 Å². The third-order valence-corrected chi connectivity index (χ3v) is 5.98. The van der Waals surface area contributed by atoms with Crippen molar-refractivity contribution in [2.24, 2.45) is 5.41 Å². The monoisotopic (exact) mass is 392 g/mol. The maximum absolute atomic E-state index is 12.5. The highest BCUT2D eigenvalue weighted by molar-refractivity contribution is 5.77. The first-order valence-electron chi connectivity index (χ1n) is 9.88. The van der Waals surface area contributed by atoms with Crippen molar-refractivity contribution in [3.05, 3.63) is 54.2 Å². The van der Waals surface area contributed by atoms with Gasteiger partial charge in [0.05, 0.1) is 11.7 Å². The van der Waals surface area contributed by atoms with Crippen LogP contribution in [-0.2, 0) is 11.3 Å². The standard InChI is InChI=1S/C21H24N6O2/c1-15-8-9-27(23-15)11-18(28)26-13-21(14-26)10-17(25(2)12-21)20-22-19(24-29-20)16-6-4-3-5-7-16/h3-9,17H,10-14H2,1-2H3. The molecule has 2 saturated heterocycles. The van der Waals surface area contributed by atoms with E-state index in [9.17, 15) is 4.79 Å². The van der Waals surface area contributed by atoms with Crippen molar-refractivity contribution in [3.63, 3.8) is 0 Å². The molecule has 1 aromatic carbocycles. The molecule has 5 rings (SSSR count). The van der Waals surface area contributed by atoms with Crippen LogP contribution >= 0.6 is 0 Å². The number of likely N-dealkylation sites (tertiary alicyclic amines) is 2. The molecule has 0 aliphatic carbocycles. The van der Waals surface area contributed by atoms with Crippen molar-refractivity contribution in [1.29, 1.82) is 0 Å². The van der Waals surface area contributed by atoms with Crippen molar-refractivity contribution in [3.8, 4) is 11.4 Å². The minimum absolute atomic E-state index is 0.0889. The van der Waals surface area contributed by atoms with Gasteiger partial charge in [-0.2, -0.15) is 10.1 Å². The molecule has 150 valence electrons. The third kappa shape index (κ3) is 3.33. The Labute approximate surface area is 169 Å². The second-order valence-corrected chi connectivity index (χ2v) is 8.36. The Bertz CT molecular complexity index is 1020. The maximum Gasteiger partial charge on any atom is 0.244 e. The van der Waals surface area contributed by atoms with E-state index in [-0.39, 0.29) is 17.4 Å². The lowest BCUT2D eigenvalue weighted by atomic mass is 9.77. The fourth-order valence-corrected chi connectivity index (χ4v) is 4.58. The molecule has 8 heteroatoms. The van der Waals surface area contributed by atoms with E-state index in [1.165, 1.54) is 0 Å². The summed E-state index contributed by atoms with van der Waals surface area (Å²) in [6.45, 7) is 4.69. The summed E-state index contributed by atoms with van der Waals surface area (Å²) in [7, 11) is 2.09. The smallest absolute Gasteiger partial charge is 0.244 e. The molecule has 29 heavy (non-hydrogen) atoms. The lowest BCUT2D eigenvalue weighted by Crippen LogP contribution is -2.60. The second-order valence-electron chi connectivity index (χ2n) is 8.36. The Hall–Kier alpha value is -3.00. The zero-order valence-corrected chi connectivity index (χ0v) is 16.7. The van der Waals surface area contributed by atoms with Crippen LogP contribution in [0.4, 0.5) is 0 Å². The summed E-state index contributed by atoms with van der Waals surface area (Å²) in [5.41, 5.74) is 1.98. The Balaban J connectivity index is 1.23. The molecule has 0 N–H and O–H groups in total. The number of carbonyl (C=O) groups is 1. The van der Waals surface area contributed by atoms with Crippen LogP contribution in [0.5, 0.6) is 0 Å². The van der Waals surface area contributed by atoms with Gasteiger partial charge in [0.1, 0.15) is 6.54 Å². The summed E-state index contributed by atoms with van der Waals surface area (Å²) in [5.74, 6) is 1.39. The van der Waals surface area contributed by atoms with Crippen LogP contribution in [0.2, 0.25) is 0 Å². The average Bonchev–Trinajstić information content (AvgIpc) is 3.40. The van der Waals surface area contributed by atoms with Crippen LogP contribution < -0.4 is 0 Å². The number of nitrogens with zero attached hydrogens (tertiary/aromatic N) is 6. The van der Waals surface area contributed by atoms with Gasteiger partial charge in [0.25, 0.3) is 0 Å². The molecular weight excluding hydrogens is 368 g/mol. The second kappa shape index (κ2) is 6.81. The Morgan fingerprint density at radius 3 is 2.72 bits per heavy atom. The Kier molecular flexibility index (Phi) is 4.24. The number of benzene rings is 1. The average molecular weight is 392 g/mol. The normalized spacial score (nSPS) is 20.9. The molecule has 2 aliphatic heterocycles. The SMILES string of the molecule is Cc1ccn(CC(=O)N2CC3(CC(c4nc(-c5ccccc5)no4)N(C)C3)C2)n1. The molecule has 0 saturated carbocycles. The first-order valence-corrected chi connectivity index (χ1v) is 9.88. The number of aromatic nitrogens is 4. The van der Waals surface area contributed by atoms with E-state index in [1.807, 2.05) is 54.4 Å². The van der Waals surface area contributed by atoms with Gasteiger partial charge in [0, 0.05) is 36.8 Å². The number of carbonyl (C=O) groups excluding carboxylic acids is 1. The van der Waals surface area contributed by atoms with E-state index in [0.29, 0.717) is 18.3 Å². The largest absolute Gasteiger partial charge is 0.340 e. The minimum Gasteiger partial charge on any atom is -0.340 e. The summed E-state index contributed by atoms with van der Waals surface area (Å²) in [4.78, 5) is 21.4. The number of rotatable bonds is 4. The zero-order valence-electron chi connectivity index (χ0n) is 16.7. The lowest BCUT2D eigenvalue weighted by molar-refractivity contribution is -0.143. The molecule has 1 atom stereocenters. The highest BCUT2D eigenvalue weighted by atomic mass is 16.5. The fraction of sp³-hybridized carbons (Fsp3) is 0.429. The molecule has 3 aromatic rings. The van der Waals surface area contributed by atoms with Gasteiger partial charge in [0.2, 0.25) is 17.6 Å². The van der Waals surface area contributed by atoms with Crippen LogP contribution in [0.3, 0.4) is 0 Å². The quantitative estimate of drug-likeness (QED) is 0.677. The van der Waals surface area contributed by atoms with E-state index in [1.54, 1.807) is 4.68 Å². The molecule has 4 heterocycles. The fourth-order valence-electron chi connectivity index (χ4n) is 4.58. The number of hydrogen-bond acceptors (Lipinski definition) is 6. The number of aryl methyl sites for hydroxylation is 1. The van der Waals surface area contributed by atoms with E-state index >= 15 is 0 Å². The Morgan fingerprint density at radius 2 is 2.00 bits per heavy atom. The van der Waals surface area contributed by atoms with Crippen LogP contribution in [-0.4, -0.2) is 62.3 Å². The van der Waals surface area contributed by atoms with Crippen molar-refractivity contribution in [1.82, 2.24) is 29.7 Å². The lowest BCUT2D eigenvalue weighted by Gasteiger charge is -2.48. The highest BCUT2D eigenvalue weighted by Crippen LogP contribution is 2.47. The molecule has 2 fully saturated rings. The predicted molar refractivity (Wildman–Crippen MR) is 106 cm³/mol. The maximum atomic E-state index is 12.5. The van der Waals surface area contributed by atoms with Crippen molar-refractivity contribution < 1.29 is 9.32 Å². The number of amides is 1. The predicted octanol–water partition coefficient (Wildman–Crippen LogP) is 2.15. The summed E-state index contributed by atoms with van der Waals surface area (Å²) in [6.07, 6.45) is 2.77. The van der Waals surface area contributed by atoms with Gasteiger partial charge in [-0.15, -0.1) is 0 Å². The Morgan fingerprint density at radius 1 is 1.21 bits per heavy atom. The molecule has 1 spiro atoms. The van der Waals surface area contributed by atoms with Crippen molar-refractivity contribution in [2.75, 3.05) is 26.7 Å². The van der Waals surface area contributed by atoms with Crippen molar-refractivity contribution >= 4 is 5.91 Å². The summed E-state index contributed by atoms with van der Waals surface area (Å²) < 4.78 is 7.30. The van der Waals surface area contributed by atoms with Gasteiger partial charge in [-0.25, -0.2) is 0 Å². The third-order valence-electron chi connectivity index (χ3n) is 5.98. The van der Waals surface area contributed by atoms with Gasteiger partial charge in [-0.1, -0.05) is 35.5 Å². The molecule has 2 aliphatic rings. The van der Waals surface area contributed by atoms with E-state index in [2.05, 4.69) is 27.2 Å². The van der Waals surface area contributed by atoms with Crippen LogP contribution in [0, 0.1) is 12.3 Å². The topological polar surface area (TPSA) is 80.3 Å². The van der Waals surface area contributed by atoms with Crippen LogP contribution in [0.15, 0.2) is 47.1 Å². The van der Waals surface area contributed by atoms with Crippen LogP contribution in [0.1, 0.15) is 24.0 Å².